The van der Waals surface area contributed by atoms with Gasteiger partial charge in [-0.15, -0.1) is 0 Å². The Hall–Kier alpha value is -3.84. The first-order chi connectivity index (χ1) is 22.5. The molecule has 3 unspecified atom stereocenters. The average molecular weight is 664 g/mol. The maximum atomic E-state index is 15.1. The summed E-state index contributed by atoms with van der Waals surface area (Å²) in [6.45, 7) is 3.10. The molecule has 0 aliphatic carbocycles. The highest BCUT2D eigenvalue weighted by molar-refractivity contribution is 5.95. The first-order valence-corrected chi connectivity index (χ1v) is 15.9. The first kappa shape index (κ1) is 36.0. The maximum Gasteiger partial charge on any atom is 0.338 e. The van der Waals surface area contributed by atoms with Gasteiger partial charge in [-0.05, 0) is 56.9 Å². The van der Waals surface area contributed by atoms with Crippen molar-refractivity contribution in [1.29, 1.82) is 0 Å². The molecule has 0 aromatic heterocycles. The van der Waals surface area contributed by atoms with Gasteiger partial charge in [0.2, 0.25) is 5.75 Å². The van der Waals surface area contributed by atoms with Crippen molar-refractivity contribution in [3.63, 3.8) is 0 Å². The fraction of sp³-hybridized carbons (Fsp3) is 0.588. The van der Waals surface area contributed by atoms with Gasteiger partial charge in [0.25, 0.3) is 11.8 Å². The van der Waals surface area contributed by atoms with Crippen molar-refractivity contribution in [3.8, 4) is 28.7 Å². The van der Waals surface area contributed by atoms with E-state index < -0.39 is 11.9 Å². The highest BCUT2D eigenvalue weighted by Crippen LogP contribution is 2.39. The van der Waals surface area contributed by atoms with Crippen LogP contribution in [0.3, 0.4) is 0 Å². The Bertz CT molecular complexity index is 1370. The molecule has 0 radical (unpaired) electrons. The second-order valence-electron chi connectivity index (χ2n) is 12.0. The molecule has 0 saturated carbocycles. The van der Waals surface area contributed by atoms with Crippen LogP contribution < -0.4 is 23.7 Å². The van der Waals surface area contributed by atoms with Crippen LogP contribution in [0.5, 0.6) is 28.7 Å². The van der Waals surface area contributed by atoms with E-state index in [4.69, 9.17) is 28.4 Å². The van der Waals surface area contributed by atoms with Crippen LogP contribution in [0.1, 0.15) is 52.0 Å². The Kier molecular flexibility index (Phi) is 12.5. The van der Waals surface area contributed by atoms with E-state index in [1.807, 2.05) is 6.92 Å². The number of carbonyl (C=O) groups excluding carboxylic acids is 2. The van der Waals surface area contributed by atoms with Gasteiger partial charge >= 0.3 is 5.97 Å². The number of amides is 1. The number of hydrogen-bond acceptors (Lipinski definition) is 10. The molecule has 2 aromatic rings. The smallest absolute Gasteiger partial charge is 0.338 e. The van der Waals surface area contributed by atoms with E-state index in [0.717, 1.165) is 5.56 Å². The largest absolute Gasteiger partial charge is 0.496 e. The summed E-state index contributed by atoms with van der Waals surface area (Å²) in [5.41, 5.74) is 1.40. The number of ether oxygens (including phenoxy) is 6. The number of alkyl halides is 2. The van der Waals surface area contributed by atoms with Gasteiger partial charge in [-0.3, -0.25) is 14.6 Å². The number of hydrogen-bond donors (Lipinski definition) is 0. The number of cyclic esters (lactones) is 1. The number of benzene rings is 2. The second kappa shape index (κ2) is 16.3. The van der Waals surface area contributed by atoms with Gasteiger partial charge < -0.3 is 33.3 Å². The molecule has 4 bridgehead atoms. The molecule has 3 atom stereocenters. The van der Waals surface area contributed by atoms with Crippen molar-refractivity contribution in [1.82, 2.24) is 14.7 Å². The van der Waals surface area contributed by atoms with E-state index in [1.165, 1.54) is 34.5 Å². The number of fused-ring (bicyclic) bond motifs is 5. The van der Waals surface area contributed by atoms with Gasteiger partial charge in [0.15, 0.2) is 11.5 Å². The lowest BCUT2D eigenvalue weighted by Gasteiger charge is -2.31. The Morgan fingerprint density at radius 3 is 2.06 bits per heavy atom. The summed E-state index contributed by atoms with van der Waals surface area (Å²) < 4.78 is 63.7. The topological polar surface area (TPSA) is 99.2 Å². The number of methoxy groups -OCH3 is 4. The molecule has 11 nitrogen and oxygen atoms in total. The van der Waals surface area contributed by atoms with E-state index in [1.54, 1.807) is 39.9 Å². The maximum absolute atomic E-state index is 15.1. The zero-order chi connectivity index (χ0) is 34.1. The first-order valence-electron chi connectivity index (χ1n) is 15.9. The lowest BCUT2D eigenvalue weighted by Crippen LogP contribution is -2.43. The van der Waals surface area contributed by atoms with Gasteiger partial charge in [-0.2, -0.15) is 0 Å². The third kappa shape index (κ3) is 9.16. The van der Waals surface area contributed by atoms with Crippen molar-refractivity contribution in [2.45, 2.75) is 44.6 Å². The van der Waals surface area contributed by atoms with Crippen LogP contribution in [0.15, 0.2) is 24.3 Å². The summed E-state index contributed by atoms with van der Waals surface area (Å²) in [6.07, 6.45) is 1.93. The molecule has 1 amide bonds. The van der Waals surface area contributed by atoms with E-state index >= 15 is 8.78 Å². The van der Waals surface area contributed by atoms with Crippen molar-refractivity contribution in [2.75, 3.05) is 88.0 Å². The number of esters is 1. The van der Waals surface area contributed by atoms with Gasteiger partial charge in [-0.1, -0.05) is 0 Å². The number of nitrogens with zero attached hydrogens (tertiary/aromatic N) is 3. The van der Waals surface area contributed by atoms with Crippen molar-refractivity contribution in [2.24, 2.45) is 0 Å². The predicted molar refractivity (Wildman–Crippen MR) is 172 cm³/mol. The third-order valence-corrected chi connectivity index (χ3v) is 8.76. The van der Waals surface area contributed by atoms with Crippen molar-refractivity contribution >= 4 is 11.9 Å². The molecule has 13 heteroatoms. The Morgan fingerprint density at radius 2 is 1.45 bits per heavy atom. The molecule has 47 heavy (non-hydrogen) atoms. The van der Waals surface area contributed by atoms with Crippen LogP contribution in [0, 0.1) is 6.92 Å². The summed E-state index contributed by atoms with van der Waals surface area (Å²) in [4.78, 5) is 31.9. The van der Waals surface area contributed by atoms with Crippen LogP contribution in [0.25, 0.3) is 0 Å². The Balaban J connectivity index is 1.62. The standard InChI is InChI=1S/C34H47F2N3O8/c1-23-27(42-3)17-24(18-28(23)43-4)32(40)37(2)26-9-7-15-46-30-20-25(19-29(44-5)31(30)45-6)33(41)47-16-8-11-38-13-14-39(12-10-26)22-34(35,36)21-38/h17-20,26H,7-16,21-22H2,1-6H3. The minimum Gasteiger partial charge on any atom is -0.496 e. The number of halogens is 2. The molecule has 2 aliphatic heterocycles. The van der Waals surface area contributed by atoms with Crippen molar-refractivity contribution < 1.29 is 46.8 Å². The van der Waals surface area contributed by atoms with Crippen molar-refractivity contribution in [3.05, 3.63) is 41.0 Å². The zero-order valence-electron chi connectivity index (χ0n) is 28.2. The summed E-state index contributed by atoms with van der Waals surface area (Å²) in [5.74, 6) is -1.69. The van der Waals surface area contributed by atoms with Gasteiger partial charge in [0.1, 0.15) is 11.5 Å². The minimum atomic E-state index is -2.91. The molecular weight excluding hydrogens is 616 g/mol. The molecule has 2 aliphatic rings. The molecule has 1 saturated heterocycles. The lowest BCUT2D eigenvalue weighted by atomic mass is 10.0. The quantitative estimate of drug-likeness (QED) is 0.410. The van der Waals surface area contributed by atoms with Gasteiger partial charge in [0, 0.05) is 50.4 Å². The number of carbonyl (C=O) groups is 2. The van der Waals surface area contributed by atoms with Gasteiger partial charge in [-0.25, -0.2) is 13.6 Å². The molecule has 1 fully saturated rings. The predicted octanol–water partition coefficient (Wildman–Crippen LogP) is 4.53. The average Bonchev–Trinajstić information content (AvgIpc) is 3.21. The van der Waals surface area contributed by atoms with E-state index in [-0.39, 0.29) is 43.8 Å². The van der Waals surface area contributed by atoms with Crippen LogP contribution >= 0.6 is 0 Å². The summed E-state index contributed by atoms with van der Waals surface area (Å²) in [7, 11) is 7.75. The molecule has 2 aromatic carbocycles. The normalized spacial score (nSPS) is 22.3. The van der Waals surface area contributed by atoms with Crippen LogP contribution in [-0.2, 0) is 4.74 Å². The van der Waals surface area contributed by atoms with Crippen LogP contribution in [0.4, 0.5) is 8.78 Å². The Labute approximate surface area is 275 Å². The number of rotatable bonds is 6. The van der Waals surface area contributed by atoms with Gasteiger partial charge in [0.05, 0.1) is 60.3 Å². The highest BCUT2D eigenvalue weighted by atomic mass is 19.3. The molecule has 4 rings (SSSR count). The summed E-state index contributed by atoms with van der Waals surface area (Å²) in [5, 5.41) is 0. The fourth-order valence-electron chi connectivity index (χ4n) is 6.16. The van der Waals surface area contributed by atoms with Crippen LogP contribution in [-0.4, -0.2) is 127 Å². The molecule has 0 N–H and O–H groups in total. The second-order valence-corrected chi connectivity index (χ2v) is 12.0. The summed E-state index contributed by atoms with van der Waals surface area (Å²) >= 11 is 0. The monoisotopic (exact) mass is 663 g/mol. The lowest BCUT2D eigenvalue weighted by molar-refractivity contribution is -0.0393. The van der Waals surface area contributed by atoms with E-state index in [9.17, 15) is 9.59 Å². The molecule has 2 heterocycles. The molecular formula is C34H47F2N3O8. The summed E-state index contributed by atoms with van der Waals surface area (Å²) in [6, 6.07) is 6.14. The zero-order valence-corrected chi connectivity index (χ0v) is 28.2. The minimum absolute atomic E-state index is 0.0793. The van der Waals surface area contributed by atoms with E-state index in [0.29, 0.717) is 86.2 Å². The van der Waals surface area contributed by atoms with Crippen LogP contribution in [0.2, 0.25) is 0 Å². The fourth-order valence-corrected chi connectivity index (χ4v) is 6.16. The molecule has 260 valence electrons. The SMILES string of the molecule is COc1cc(C(=O)N(C)C2CCCOc3cc(cc(OC)c3OC)C(=O)OCCCN3CCN(CC2)CC(F)(F)C3)cc(OC)c1C. The molecule has 0 spiro atoms. The third-order valence-electron chi connectivity index (χ3n) is 8.76. The van der Waals surface area contributed by atoms with E-state index in [2.05, 4.69) is 0 Å². The Morgan fingerprint density at radius 1 is 0.830 bits per heavy atom. The highest BCUT2D eigenvalue weighted by Gasteiger charge is 2.37.